The molecule has 0 saturated carbocycles. The van der Waals surface area contributed by atoms with Gasteiger partial charge in [-0.3, -0.25) is 4.79 Å². The van der Waals surface area contributed by atoms with Crippen molar-refractivity contribution in [3.05, 3.63) is 64.6 Å². The molecule has 1 aliphatic rings. The summed E-state index contributed by atoms with van der Waals surface area (Å²) >= 11 is 0. The molecule has 0 aliphatic carbocycles. The molecule has 0 amide bonds. The van der Waals surface area contributed by atoms with E-state index in [0.29, 0.717) is 23.3 Å². The van der Waals surface area contributed by atoms with Gasteiger partial charge in [0.15, 0.2) is 5.75 Å². The Balaban J connectivity index is 1.85. The van der Waals surface area contributed by atoms with Crippen LogP contribution in [0, 0.1) is 0 Å². The van der Waals surface area contributed by atoms with Crippen LogP contribution in [-0.2, 0) is 0 Å². The molecule has 1 aliphatic heterocycles. The number of nitrogens with zero attached hydrogens (tertiary/aromatic N) is 1. The lowest BCUT2D eigenvalue weighted by Gasteiger charge is -2.28. The summed E-state index contributed by atoms with van der Waals surface area (Å²) in [6.07, 6.45) is 3.32. The lowest BCUT2D eigenvalue weighted by Crippen LogP contribution is -2.26. The van der Waals surface area contributed by atoms with Crippen LogP contribution in [0.2, 0.25) is 0 Å². The van der Waals surface area contributed by atoms with Crippen molar-refractivity contribution in [3.63, 3.8) is 0 Å². The predicted octanol–water partition coefficient (Wildman–Crippen LogP) is 3.80. The molecule has 134 valence electrons. The second kappa shape index (κ2) is 5.48. The summed E-state index contributed by atoms with van der Waals surface area (Å²) in [5.74, 6) is -0.595. The second-order valence-corrected chi connectivity index (χ2v) is 6.86. The van der Waals surface area contributed by atoms with Crippen molar-refractivity contribution in [1.29, 1.82) is 0 Å². The number of aromatic amines is 1. The maximum absolute atomic E-state index is 12.7. The number of rotatable bonds is 2. The quantitative estimate of drug-likeness (QED) is 0.569. The Morgan fingerprint density at radius 2 is 2.11 bits per heavy atom. The molecular formula is C21H16N2O4. The maximum atomic E-state index is 12.7. The third kappa shape index (κ3) is 2.19. The van der Waals surface area contributed by atoms with Crippen molar-refractivity contribution < 1.29 is 14.6 Å². The number of hydrogen-bond acceptors (Lipinski definition) is 3. The molecule has 0 saturated heterocycles. The molecule has 0 fully saturated rings. The minimum Gasteiger partial charge on any atom is -0.489 e. The molecular weight excluding hydrogens is 344 g/mol. The molecule has 27 heavy (non-hydrogen) atoms. The van der Waals surface area contributed by atoms with Crippen LogP contribution in [0.3, 0.4) is 0 Å². The van der Waals surface area contributed by atoms with Gasteiger partial charge in [-0.15, -0.1) is 0 Å². The Kier molecular flexibility index (Phi) is 3.18. The molecule has 2 aromatic carbocycles. The molecule has 3 heterocycles. The first-order valence-electron chi connectivity index (χ1n) is 8.70. The monoisotopic (exact) mass is 360 g/mol. The van der Waals surface area contributed by atoms with E-state index < -0.39 is 11.4 Å². The Morgan fingerprint density at radius 1 is 1.26 bits per heavy atom. The van der Waals surface area contributed by atoms with Crippen LogP contribution in [0.4, 0.5) is 0 Å². The summed E-state index contributed by atoms with van der Waals surface area (Å²) in [5, 5.41) is 10.8. The van der Waals surface area contributed by atoms with Crippen molar-refractivity contribution in [3.8, 4) is 16.9 Å². The van der Waals surface area contributed by atoms with Crippen molar-refractivity contribution in [2.24, 2.45) is 0 Å². The number of carboxylic acids is 1. The fraction of sp³-hybridized carbons (Fsp3) is 0.143. The van der Waals surface area contributed by atoms with Crippen molar-refractivity contribution in [2.75, 3.05) is 6.61 Å². The van der Waals surface area contributed by atoms with Gasteiger partial charge in [0, 0.05) is 23.5 Å². The average molecular weight is 360 g/mol. The van der Waals surface area contributed by atoms with E-state index in [1.807, 2.05) is 42.0 Å². The number of carboxylic acid groups (broad SMARTS) is 1. The number of fused-ring (bicyclic) bond motifs is 1. The van der Waals surface area contributed by atoms with E-state index in [9.17, 15) is 14.7 Å². The number of pyridine rings is 1. The van der Waals surface area contributed by atoms with Gasteiger partial charge in [-0.2, -0.15) is 0 Å². The minimum absolute atomic E-state index is 0.0684. The Bertz CT molecular complexity index is 1300. The van der Waals surface area contributed by atoms with Gasteiger partial charge in [0.05, 0.1) is 16.9 Å². The summed E-state index contributed by atoms with van der Waals surface area (Å²) < 4.78 is 7.87. The van der Waals surface area contributed by atoms with Crippen molar-refractivity contribution in [2.45, 2.75) is 13.0 Å². The van der Waals surface area contributed by atoms with Gasteiger partial charge < -0.3 is 19.4 Å². The van der Waals surface area contributed by atoms with Gasteiger partial charge in [0.25, 0.3) is 0 Å². The van der Waals surface area contributed by atoms with Crippen LogP contribution in [0.25, 0.3) is 32.9 Å². The highest BCUT2D eigenvalue weighted by molar-refractivity contribution is 5.98. The minimum atomic E-state index is -1.21. The smallest absolute Gasteiger partial charge is 0.341 e. The molecule has 4 aromatic rings. The summed E-state index contributed by atoms with van der Waals surface area (Å²) in [5.41, 5.74) is 2.86. The molecule has 6 nitrogen and oxygen atoms in total. The number of H-pyrrole nitrogens is 1. The summed E-state index contributed by atoms with van der Waals surface area (Å²) in [4.78, 5) is 27.3. The van der Waals surface area contributed by atoms with E-state index in [2.05, 4.69) is 11.1 Å². The Morgan fingerprint density at radius 3 is 2.93 bits per heavy atom. The molecule has 2 N–H and O–H groups in total. The highest BCUT2D eigenvalue weighted by Gasteiger charge is 2.26. The highest BCUT2D eigenvalue weighted by Crippen LogP contribution is 2.40. The maximum Gasteiger partial charge on any atom is 0.341 e. The summed E-state index contributed by atoms with van der Waals surface area (Å²) in [7, 11) is 0. The normalized spacial score (nSPS) is 15.8. The van der Waals surface area contributed by atoms with Crippen LogP contribution < -0.4 is 10.2 Å². The van der Waals surface area contributed by atoms with Crippen molar-refractivity contribution in [1.82, 2.24) is 9.55 Å². The molecule has 1 unspecified atom stereocenters. The first-order valence-corrected chi connectivity index (χ1v) is 8.70. The lowest BCUT2D eigenvalue weighted by molar-refractivity contribution is 0.0694. The third-order valence-corrected chi connectivity index (χ3v) is 5.19. The van der Waals surface area contributed by atoms with Crippen molar-refractivity contribution >= 4 is 27.8 Å². The number of nitrogens with one attached hydrogen (secondary N) is 1. The molecule has 0 radical (unpaired) electrons. The highest BCUT2D eigenvalue weighted by atomic mass is 16.5. The number of carbonyl (C=O) groups is 1. The van der Waals surface area contributed by atoms with Crippen LogP contribution >= 0.6 is 0 Å². The lowest BCUT2D eigenvalue weighted by atomic mass is 9.98. The number of aromatic carboxylic acids is 1. The van der Waals surface area contributed by atoms with Crippen LogP contribution in [0.5, 0.6) is 5.75 Å². The van der Waals surface area contributed by atoms with E-state index >= 15 is 0 Å². The molecule has 0 spiro atoms. The van der Waals surface area contributed by atoms with Gasteiger partial charge >= 0.3 is 5.97 Å². The van der Waals surface area contributed by atoms with Gasteiger partial charge in [0.1, 0.15) is 12.2 Å². The molecule has 1 atom stereocenters. The van der Waals surface area contributed by atoms with Crippen LogP contribution in [0.15, 0.2) is 53.6 Å². The fourth-order valence-electron chi connectivity index (χ4n) is 3.80. The topological polar surface area (TPSA) is 84.3 Å². The van der Waals surface area contributed by atoms with Crippen LogP contribution in [0.1, 0.15) is 23.3 Å². The van der Waals surface area contributed by atoms with E-state index in [1.165, 1.54) is 6.20 Å². The first kappa shape index (κ1) is 15.7. The zero-order valence-corrected chi connectivity index (χ0v) is 14.5. The molecule has 6 heteroatoms. The Hall–Kier alpha value is -3.54. The molecule has 5 rings (SSSR count). The zero-order valence-electron chi connectivity index (χ0n) is 14.5. The number of ether oxygens (including phenoxy) is 1. The zero-order chi connectivity index (χ0) is 18.7. The fourth-order valence-corrected chi connectivity index (χ4v) is 3.80. The van der Waals surface area contributed by atoms with Gasteiger partial charge in [-0.1, -0.05) is 6.07 Å². The standard InChI is InChI=1S/C21H16N2O4/c1-11-10-27-20-14(12-2-5-17-13(8-12)6-7-22-17)3-4-15-18(20)23(11)9-16(19(15)24)21(25)26/h2-9,11,22H,10H2,1H3,(H,25,26). The SMILES string of the molecule is CC1COc2c(-c3ccc4[nH]ccc4c3)ccc3c(=O)c(C(=O)O)cn1c23. The number of aromatic nitrogens is 2. The van der Waals surface area contributed by atoms with Gasteiger partial charge in [-0.05, 0) is 48.2 Å². The average Bonchev–Trinajstić information content (AvgIpc) is 3.13. The van der Waals surface area contributed by atoms with E-state index in [1.54, 1.807) is 6.07 Å². The third-order valence-electron chi connectivity index (χ3n) is 5.19. The predicted molar refractivity (Wildman–Crippen MR) is 103 cm³/mol. The second-order valence-electron chi connectivity index (χ2n) is 6.86. The Labute approximate surface area is 153 Å². The number of benzene rings is 2. The first-order chi connectivity index (χ1) is 13.0. The van der Waals surface area contributed by atoms with Crippen LogP contribution in [-0.4, -0.2) is 27.2 Å². The largest absolute Gasteiger partial charge is 0.489 e. The van der Waals surface area contributed by atoms with E-state index in [-0.39, 0.29) is 11.6 Å². The molecule has 0 bridgehead atoms. The van der Waals surface area contributed by atoms with E-state index in [0.717, 1.165) is 22.0 Å². The van der Waals surface area contributed by atoms with Gasteiger partial charge in [0.2, 0.25) is 5.43 Å². The summed E-state index contributed by atoms with van der Waals surface area (Å²) in [6.45, 7) is 2.35. The number of hydrogen-bond donors (Lipinski definition) is 2. The van der Waals surface area contributed by atoms with Gasteiger partial charge in [-0.25, -0.2) is 4.79 Å². The molecule has 2 aromatic heterocycles. The summed E-state index contributed by atoms with van der Waals surface area (Å²) in [6, 6.07) is 11.5. The van der Waals surface area contributed by atoms with E-state index in [4.69, 9.17) is 4.74 Å².